The standard InChI is InChI=1S/C18H21ClN2O3/c1-12-7-5-6-8-13(12)11-21(2)18(22)20-15-10-16(23-3)14(19)9-17(15)24-4/h5-10H,11H2,1-4H3,(H,20,22). The van der Waals surface area contributed by atoms with Crippen molar-refractivity contribution < 1.29 is 14.3 Å². The van der Waals surface area contributed by atoms with Gasteiger partial charge in [-0.15, -0.1) is 0 Å². The van der Waals surface area contributed by atoms with Crippen LogP contribution in [-0.2, 0) is 6.54 Å². The van der Waals surface area contributed by atoms with Gasteiger partial charge in [0.1, 0.15) is 11.5 Å². The predicted molar refractivity (Wildman–Crippen MR) is 96.2 cm³/mol. The second-order valence-electron chi connectivity index (χ2n) is 5.40. The van der Waals surface area contributed by atoms with Crippen molar-refractivity contribution in [2.45, 2.75) is 13.5 Å². The average molecular weight is 349 g/mol. The zero-order chi connectivity index (χ0) is 17.7. The van der Waals surface area contributed by atoms with Crippen LogP contribution in [0.25, 0.3) is 0 Å². The number of hydrogen-bond donors (Lipinski definition) is 1. The Labute approximate surface area is 147 Å². The lowest BCUT2D eigenvalue weighted by Gasteiger charge is -2.20. The third kappa shape index (κ3) is 4.11. The maximum Gasteiger partial charge on any atom is 0.321 e. The molecule has 0 radical (unpaired) electrons. The molecule has 0 aliphatic carbocycles. The molecule has 5 nitrogen and oxygen atoms in total. The number of anilines is 1. The highest BCUT2D eigenvalue weighted by Gasteiger charge is 2.15. The molecule has 1 N–H and O–H groups in total. The van der Waals surface area contributed by atoms with Crippen LogP contribution in [0.2, 0.25) is 5.02 Å². The summed E-state index contributed by atoms with van der Waals surface area (Å²) < 4.78 is 10.5. The Morgan fingerprint density at radius 1 is 1.17 bits per heavy atom. The van der Waals surface area contributed by atoms with E-state index in [1.54, 1.807) is 24.1 Å². The number of amides is 2. The number of methoxy groups -OCH3 is 2. The molecule has 0 atom stereocenters. The van der Waals surface area contributed by atoms with E-state index in [1.165, 1.54) is 14.2 Å². The van der Waals surface area contributed by atoms with E-state index in [1.807, 2.05) is 31.2 Å². The maximum atomic E-state index is 12.5. The second kappa shape index (κ2) is 7.93. The average Bonchev–Trinajstić information content (AvgIpc) is 2.57. The number of aryl methyl sites for hydroxylation is 1. The van der Waals surface area contributed by atoms with Gasteiger partial charge in [0.05, 0.1) is 24.9 Å². The van der Waals surface area contributed by atoms with Crippen molar-refractivity contribution in [3.8, 4) is 11.5 Å². The minimum absolute atomic E-state index is 0.249. The summed E-state index contributed by atoms with van der Waals surface area (Å²) in [5, 5.41) is 3.24. The lowest BCUT2D eigenvalue weighted by Crippen LogP contribution is -2.31. The van der Waals surface area contributed by atoms with Crippen molar-refractivity contribution in [3.63, 3.8) is 0 Å². The molecule has 24 heavy (non-hydrogen) atoms. The summed E-state index contributed by atoms with van der Waals surface area (Å²) in [6.07, 6.45) is 0. The van der Waals surface area contributed by atoms with Crippen LogP contribution < -0.4 is 14.8 Å². The van der Waals surface area contributed by atoms with Crippen molar-refractivity contribution in [2.24, 2.45) is 0 Å². The van der Waals surface area contributed by atoms with E-state index in [0.29, 0.717) is 28.8 Å². The Bertz CT molecular complexity index is 734. The van der Waals surface area contributed by atoms with Gasteiger partial charge in [0.25, 0.3) is 0 Å². The van der Waals surface area contributed by atoms with Gasteiger partial charge >= 0.3 is 6.03 Å². The molecule has 128 valence electrons. The first kappa shape index (κ1) is 17.9. The number of urea groups is 1. The summed E-state index contributed by atoms with van der Waals surface area (Å²) in [4.78, 5) is 14.1. The Morgan fingerprint density at radius 3 is 2.46 bits per heavy atom. The van der Waals surface area contributed by atoms with Crippen LogP contribution in [0.4, 0.5) is 10.5 Å². The summed E-state index contributed by atoms with van der Waals surface area (Å²) in [6, 6.07) is 11.0. The van der Waals surface area contributed by atoms with E-state index in [4.69, 9.17) is 21.1 Å². The smallest absolute Gasteiger partial charge is 0.321 e. The van der Waals surface area contributed by atoms with Gasteiger partial charge < -0.3 is 19.7 Å². The largest absolute Gasteiger partial charge is 0.495 e. The van der Waals surface area contributed by atoms with Gasteiger partial charge in [-0.25, -0.2) is 4.79 Å². The molecule has 2 aromatic carbocycles. The van der Waals surface area contributed by atoms with Crippen molar-refractivity contribution >= 4 is 23.3 Å². The zero-order valence-corrected chi connectivity index (χ0v) is 15.0. The highest BCUT2D eigenvalue weighted by atomic mass is 35.5. The number of benzene rings is 2. The summed E-state index contributed by atoms with van der Waals surface area (Å²) in [7, 11) is 4.77. The van der Waals surface area contributed by atoms with Gasteiger partial charge in [-0.2, -0.15) is 0 Å². The molecule has 2 rings (SSSR count). The van der Waals surface area contributed by atoms with E-state index in [2.05, 4.69) is 5.32 Å². The van der Waals surface area contributed by atoms with E-state index in [9.17, 15) is 4.79 Å². The molecular weight excluding hydrogens is 328 g/mol. The monoisotopic (exact) mass is 348 g/mol. The van der Waals surface area contributed by atoms with E-state index in [-0.39, 0.29) is 6.03 Å². The van der Waals surface area contributed by atoms with Crippen LogP contribution in [0.1, 0.15) is 11.1 Å². The number of nitrogens with one attached hydrogen (secondary N) is 1. The molecule has 0 saturated carbocycles. The number of halogens is 1. The van der Waals surface area contributed by atoms with Crippen LogP contribution in [0.3, 0.4) is 0 Å². The molecule has 0 fully saturated rings. The topological polar surface area (TPSA) is 50.8 Å². The number of nitrogens with zero attached hydrogens (tertiary/aromatic N) is 1. The van der Waals surface area contributed by atoms with Gasteiger partial charge in [-0.3, -0.25) is 0 Å². The van der Waals surface area contributed by atoms with Gasteiger partial charge in [-0.05, 0) is 18.1 Å². The normalized spacial score (nSPS) is 10.2. The van der Waals surface area contributed by atoms with Crippen LogP contribution in [-0.4, -0.2) is 32.2 Å². The third-order valence-electron chi connectivity index (χ3n) is 3.73. The lowest BCUT2D eigenvalue weighted by atomic mass is 10.1. The fourth-order valence-corrected chi connectivity index (χ4v) is 2.51. The van der Waals surface area contributed by atoms with Gasteiger partial charge in [0.2, 0.25) is 0 Å². The Morgan fingerprint density at radius 2 is 1.83 bits per heavy atom. The highest BCUT2D eigenvalue weighted by Crippen LogP contribution is 2.36. The maximum absolute atomic E-state index is 12.5. The molecule has 0 spiro atoms. The molecule has 2 aromatic rings. The van der Waals surface area contributed by atoms with Crippen molar-refractivity contribution in [1.29, 1.82) is 0 Å². The highest BCUT2D eigenvalue weighted by molar-refractivity contribution is 6.32. The Hall–Kier alpha value is -2.40. The predicted octanol–water partition coefficient (Wildman–Crippen LogP) is 4.33. The molecule has 0 aliphatic heterocycles. The Kier molecular flexibility index (Phi) is 5.93. The van der Waals surface area contributed by atoms with Crippen molar-refractivity contribution in [1.82, 2.24) is 4.90 Å². The quantitative estimate of drug-likeness (QED) is 0.875. The van der Waals surface area contributed by atoms with Crippen LogP contribution in [0.5, 0.6) is 11.5 Å². The number of rotatable bonds is 5. The van der Waals surface area contributed by atoms with Gasteiger partial charge in [-0.1, -0.05) is 35.9 Å². The van der Waals surface area contributed by atoms with Crippen LogP contribution in [0, 0.1) is 6.92 Å². The molecule has 2 amide bonds. The first-order chi connectivity index (χ1) is 11.5. The molecular formula is C18H21ClN2O3. The molecule has 0 heterocycles. The first-order valence-electron chi connectivity index (χ1n) is 7.44. The fourth-order valence-electron chi connectivity index (χ4n) is 2.28. The number of carbonyl (C=O) groups excluding carboxylic acids is 1. The summed E-state index contributed by atoms with van der Waals surface area (Å²) in [5.41, 5.74) is 2.74. The van der Waals surface area contributed by atoms with E-state index < -0.39 is 0 Å². The van der Waals surface area contributed by atoms with Gasteiger partial charge in [0.15, 0.2) is 0 Å². The Balaban J connectivity index is 2.15. The number of carbonyl (C=O) groups is 1. The summed E-state index contributed by atoms with van der Waals surface area (Å²) in [5.74, 6) is 0.938. The van der Waals surface area contributed by atoms with Crippen molar-refractivity contribution in [2.75, 3.05) is 26.6 Å². The molecule has 0 saturated heterocycles. The van der Waals surface area contributed by atoms with E-state index in [0.717, 1.165) is 11.1 Å². The molecule has 6 heteroatoms. The number of hydrogen-bond acceptors (Lipinski definition) is 3. The minimum Gasteiger partial charge on any atom is -0.495 e. The van der Waals surface area contributed by atoms with Gasteiger partial charge in [0, 0.05) is 25.7 Å². The van der Waals surface area contributed by atoms with Crippen LogP contribution in [0.15, 0.2) is 36.4 Å². The summed E-state index contributed by atoms with van der Waals surface area (Å²) in [6.45, 7) is 2.53. The van der Waals surface area contributed by atoms with E-state index >= 15 is 0 Å². The van der Waals surface area contributed by atoms with Crippen molar-refractivity contribution in [3.05, 3.63) is 52.5 Å². The molecule has 0 aromatic heterocycles. The second-order valence-corrected chi connectivity index (χ2v) is 5.81. The zero-order valence-electron chi connectivity index (χ0n) is 14.2. The number of ether oxygens (including phenoxy) is 2. The van der Waals surface area contributed by atoms with Crippen LogP contribution >= 0.6 is 11.6 Å². The molecule has 0 aliphatic rings. The summed E-state index contributed by atoms with van der Waals surface area (Å²) >= 11 is 6.08. The fraction of sp³-hybridized carbons (Fsp3) is 0.278. The third-order valence-corrected chi connectivity index (χ3v) is 4.03. The molecule has 0 unspecified atom stereocenters. The lowest BCUT2D eigenvalue weighted by molar-refractivity contribution is 0.220. The first-order valence-corrected chi connectivity index (χ1v) is 7.82. The molecule has 0 bridgehead atoms. The minimum atomic E-state index is -0.249. The SMILES string of the molecule is COc1cc(NC(=O)N(C)Cc2ccccc2C)c(OC)cc1Cl.